The topological polar surface area (TPSA) is 97.3 Å². The molecule has 0 radical (unpaired) electrons. The molecule has 9 heteroatoms. The van der Waals surface area contributed by atoms with E-state index in [-0.39, 0.29) is 12.1 Å². The molecule has 2 rings (SSSR count). The molecule has 1 aromatic rings. The summed E-state index contributed by atoms with van der Waals surface area (Å²) < 4.78 is 16.9. The first-order chi connectivity index (χ1) is 14.0. The third-order valence-electron chi connectivity index (χ3n) is 4.71. The summed E-state index contributed by atoms with van der Waals surface area (Å²) in [4.78, 5) is 23.0. The fraction of sp³-hybridized carbons (Fsp3) is 0.667. The zero-order chi connectivity index (χ0) is 22.5. The second-order valence-electron chi connectivity index (χ2n) is 8.67. The summed E-state index contributed by atoms with van der Waals surface area (Å²) in [6, 6.07) is 3.57. The summed E-state index contributed by atoms with van der Waals surface area (Å²) in [6.45, 7) is 12.2. The summed E-state index contributed by atoms with van der Waals surface area (Å²) in [6.07, 6.45) is 1.12. The van der Waals surface area contributed by atoms with E-state index < -0.39 is 17.4 Å². The van der Waals surface area contributed by atoms with Gasteiger partial charge in [-0.1, -0.05) is 6.07 Å². The molecule has 0 aliphatic carbocycles. The lowest BCUT2D eigenvalue weighted by atomic mass is 10.1. The highest BCUT2D eigenvalue weighted by Crippen LogP contribution is 2.33. The van der Waals surface area contributed by atoms with Crippen molar-refractivity contribution < 1.29 is 19.0 Å². The summed E-state index contributed by atoms with van der Waals surface area (Å²) in [5.74, 6) is 1.16. The zero-order valence-electron chi connectivity index (χ0n) is 19.3. The number of guanidine groups is 1. The summed E-state index contributed by atoms with van der Waals surface area (Å²) in [5, 5.41) is 6.53. The Morgan fingerprint density at radius 3 is 2.67 bits per heavy atom. The van der Waals surface area contributed by atoms with Gasteiger partial charge in [0, 0.05) is 31.9 Å². The molecule has 2 N–H and O–H groups in total. The lowest BCUT2D eigenvalue weighted by Crippen LogP contribution is -2.54. The molecule has 1 saturated heterocycles. The molecule has 0 saturated carbocycles. The number of rotatable bonds is 5. The minimum atomic E-state index is -0.770. The van der Waals surface area contributed by atoms with Gasteiger partial charge < -0.3 is 24.8 Å². The van der Waals surface area contributed by atoms with Gasteiger partial charge in [-0.3, -0.25) is 9.89 Å². The molecule has 2 unspecified atom stereocenters. The van der Waals surface area contributed by atoms with Crippen molar-refractivity contribution in [3.63, 3.8) is 0 Å². The van der Waals surface area contributed by atoms with E-state index in [0.717, 1.165) is 5.56 Å². The largest absolute Gasteiger partial charge is 0.481 e. The van der Waals surface area contributed by atoms with Crippen LogP contribution in [0.4, 0.5) is 4.79 Å². The highest BCUT2D eigenvalue weighted by atomic mass is 16.6. The van der Waals surface area contributed by atoms with Crippen LogP contribution in [0.25, 0.3) is 0 Å². The highest BCUT2D eigenvalue weighted by molar-refractivity contribution is 5.79. The molecule has 9 nitrogen and oxygen atoms in total. The van der Waals surface area contributed by atoms with Gasteiger partial charge in [0.1, 0.15) is 11.3 Å². The molecule has 168 valence electrons. The Hall–Kier alpha value is -2.55. The van der Waals surface area contributed by atoms with Crippen LogP contribution in [0.1, 0.15) is 47.1 Å². The average Bonchev–Trinajstić information content (AvgIpc) is 2.88. The minimum Gasteiger partial charge on any atom is -0.481 e. The zero-order valence-corrected chi connectivity index (χ0v) is 19.3. The van der Waals surface area contributed by atoms with Crippen molar-refractivity contribution in [3.8, 4) is 5.88 Å². The van der Waals surface area contributed by atoms with Crippen LogP contribution in [0, 0.1) is 0 Å². The number of ether oxygens (including phenoxy) is 3. The maximum Gasteiger partial charge on any atom is 0.412 e. The van der Waals surface area contributed by atoms with E-state index >= 15 is 0 Å². The van der Waals surface area contributed by atoms with Crippen LogP contribution in [0.5, 0.6) is 5.88 Å². The van der Waals surface area contributed by atoms with E-state index in [2.05, 4.69) is 20.6 Å². The van der Waals surface area contributed by atoms with Gasteiger partial charge in [-0.05, 0) is 47.6 Å². The van der Waals surface area contributed by atoms with Gasteiger partial charge in [-0.25, -0.2) is 9.78 Å². The Morgan fingerprint density at radius 2 is 2.07 bits per heavy atom. The van der Waals surface area contributed by atoms with Crippen LogP contribution < -0.4 is 15.4 Å². The number of aliphatic imine (C=N–C) groups is 1. The number of pyridine rings is 1. The van der Waals surface area contributed by atoms with E-state index in [1.807, 2.05) is 53.7 Å². The van der Waals surface area contributed by atoms with E-state index in [0.29, 0.717) is 24.9 Å². The van der Waals surface area contributed by atoms with Gasteiger partial charge in [-0.2, -0.15) is 0 Å². The van der Waals surface area contributed by atoms with Crippen molar-refractivity contribution in [2.45, 2.75) is 71.6 Å². The Labute approximate surface area is 179 Å². The molecule has 1 aliphatic heterocycles. The molecular formula is C21H35N5O4. The number of nitrogens with one attached hydrogen (secondary N) is 2. The molecule has 0 spiro atoms. The predicted molar refractivity (Wildman–Crippen MR) is 115 cm³/mol. The molecule has 1 aliphatic rings. The smallest absolute Gasteiger partial charge is 0.412 e. The molecule has 0 bridgehead atoms. The SMILES string of the molecule is CN=C(NCc1cccnc1OC)NCC1C(C)OC(C)(C)N1C(=O)OC(C)(C)C. The highest BCUT2D eigenvalue weighted by Gasteiger charge is 2.49. The van der Waals surface area contributed by atoms with Gasteiger partial charge >= 0.3 is 6.09 Å². The second kappa shape index (κ2) is 9.51. The summed E-state index contributed by atoms with van der Waals surface area (Å²) in [7, 11) is 3.29. The van der Waals surface area contributed by atoms with E-state index in [1.165, 1.54) is 0 Å². The van der Waals surface area contributed by atoms with Crippen molar-refractivity contribution in [2.24, 2.45) is 4.99 Å². The quantitative estimate of drug-likeness (QED) is 0.557. The Bertz CT molecular complexity index is 760. The van der Waals surface area contributed by atoms with Gasteiger partial charge in [0.25, 0.3) is 0 Å². The van der Waals surface area contributed by atoms with Crippen molar-refractivity contribution in [1.29, 1.82) is 0 Å². The van der Waals surface area contributed by atoms with Gasteiger partial charge in [0.2, 0.25) is 5.88 Å². The van der Waals surface area contributed by atoms with Crippen molar-refractivity contribution >= 4 is 12.1 Å². The van der Waals surface area contributed by atoms with Crippen molar-refractivity contribution in [2.75, 3.05) is 20.7 Å². The monoisotopic (exact) mass is 421 g/mol. The Morgan fingerprint density at radius 1 is 1.37 bits per heavy atom. The van der Waals surface area contributed by atoms with Gasteiger partial charge in [-0.15, -0.1) is 0 Å². The van der Waals surface area contributed by atoms with Crippen molar-refractivity contribution in [3.05, 3.63) is 23.9 Å². The van der Waals surface area contributed by atoms with E-state index in [9.17, 15) is 4.79 Å². The van der Waals surface area contributed by atoms with Crippen LogP contribution in [-0.2, 0) is 16.0 Å². The van der Waals surface area contributed by atoms with Crippen LogP contribution in [0.15, 0.2) is 23.3 Å². The normalized spacial score (nSPS) is 21.3. The molecule has 30 heavy (non-hydrogen) atoms. The molecule has 1 fully saturated rings. The number of hydrogen-bond donors (Lipinski definition) is 2. The maximum atomic E-state index is 12.9. The fourth-order valence-corrected chi connectivity index (χ4v) is 3.47. The van der Waals surface area contributed by atoms with Crippen LogP contribution in [0.2, 0.25) is 0 Å². The number of amides is 1. The first-order valence-corrected chi connectivity index (χ1v) is 10.1. The van der Waals surface area contributed by atoms with Crippen LogP contribution in [-0.4, -0.2) is 66.1 Å². The fourth-order valence-electron chi connectivity index (χ4n) is 3.47. The Balaban J connectivity index is 2.04. The third kappa shape index (κ3) is 5.98. The lowest BCUT2D eigenvalue weighted by Gasteiger charge is -2.35. The number of hydrogen-bond acceptors (Lipinski definition) is 6. The van der Waals surface area contributed by atoms with Crippen LogP contribution >= 0.6 is 0 Å². The number of carbonyl (C=O) groups is 1. The molecule has 1 aromatic heterocycles. The Kier molecular flexibility index (Phi) is 7.52. The minimum absolute atomic E-state index is 0.170. The standard InChI is InChI=1S/C21H35N5O4/c1-14-16(26(21(5,6)29-14)19(27)30-20(2,3)4)13-25-18(22-7)24-12-15-10-9-11-23-17(15)28-8/h9-11,14,16H,12-13H2,1-8H3,(H2,22,24,25). The number of nitrogens with zero attached hydrogens (tertiary/aromatic N) is 3. The average molecular weight is 422 g/mol. The first-order valence-electron chi connectivity index (χ1n) is 10.1. The van der Waals surface area contributed by atoms with Crippen molar-refractivity contribution in [1.82, 2.24) is 20.5 Å². The summed E-state index contributed by atoms with van der Waals surface area (Å²) >= 11 is 0. The van der Waals surface area contributed by atoms with Gasteiger partial charge in [0.05, 0.1) is 19.3 Å². The summed E-state index contributed by atoms with van der Waals surface area (Å²) in [5.41, 5.74) is -0.442. The maximum absolute atomic E-state index is 12.9. The molecule has 1 amide bonds. The molecular weight excluding hydrogens is 386 g/mol. The van der Waals surface area contributed by atoms with E-state index in [4.69, 9.17) is 14.2 Å². The first kappa shape index (κ1) is 23.7. The number of aromatic nitrogens is 1. The van der Waals surface area contributed by atoms with Crippen LogP contribution in [0.3, 0.4) is 0 Å². The third-order valence-corrected chi connectivity index (χ3v) is 4.71. The predicted octanol–water partition coefficient (Wildman–Crippen LogP) is 2.52. The van der Waals surface area contributed by atoms with E-state index in [1.54, 1.807) is 25.3 Å². The lowest BCUT2D eigenvalue weighted by molar-refractivity contribution is -0.0755. The number of carbonyl (C=O) groups excluding carboxylic acids is 1. The second-order valence-corrected chi connectivity index (χ2v) is 8.67. The molecule has 2 heterocycles. The molecule has 2 atom stereocenters. The number of methoxy groups -OCH3 is 1. The van der Waals surface area contributed by atoms with Gasteiger partial charge in [0.15, 0.2) is 5.96 Å². The molecule has 0 aromatic carbocycles.